The number of aromatic nitrogens is 3. The lowest BCUT2D eigenvalue weighted by molar-refractivity contribution is 0.221. The van der Waals surface area contributed by atoms with Crippen LogP contribution in [0.3, 0.4) is 0 Å². The number of nitrogens with one attached hydrogen (secondary N) is 1. The summed E-state index contributed by atoms with van der Waals surface area (Å²) in [4.78, 5) is 18.2. The van der Waals surface area contributed by atoms with Crippen molar-refractivity contribution in [3.63, 3.8) is 0 Å². The molecule has 2 amide bonds. The van der Waals surface area contributed by atoms with Gasteiger partial charge in [-0.25, -0.2) is 14.5 Å². The molecule has 2 aromatic heterocycles. The number of carbonyl (C=O) groups excluding carboxylic acids is 1. The first kappa shape index (κ1) is 17.9. The zero-order valence-corrected chi connectivity index (χ0v) is 16.1. The van der Waals surface area contributed by atoms with E-state index in [4.69, 9.17) is 5.10 Å². The molecule has 7 heteroatoms. The number of hydrogen-bond donors (Lipinski definition) is 1. The predicted molar refractivity (Wildman–Crippen MR) is 112 cm³/mol. The number of carbonyl (C=O) groups is 1. The maximum atomic E-state index is 12.5. The maximum Gasteiger partial charge on any atom is 0.323 e. The van der Waals surface area contributed by atoms with E-state index in [9.17, 15) is 4.79 Å². The predicted octanol–water partition coefficient (Wildman–Crippen LogP) is 4.66. The molecule has 2 aromatic carbocycles. The fourth-order valence-corrected chi connectivity index (χ4v) is 3.40. The Balaban J connectivity index is 1.63. The van der Waals surface area contributed by atoms with Crippen molar-refractivity contribution in [2.45, 2.75) is 6.54 Å². The van der Waals surface area contributed by atoms with Crippen LogP contribution in [-0.4, -0.2) is 32.7 Å². The molecule has 0 saturated heterocycles. The third-order valence-electron chi connectivity index (χ3n) is 4.26. The van der Waals surface area contributed by atoms with Crippen LogP contribution in [0.5, 0.6) is 0 Å². The van der Waals surface area contributed by atoms with Gasteiger partial charge in [-0.3, -0.25) is 5.32 Å². The van der Waals surface area contributed by atoms with E-state index in [2.05, 4.69) is 10.3 Å². The molecule has 2 heterocycles. The number of urea groups is 1. The van der Waals surface area contributed by atoms with Gasteiger partial charge in [0.25, 0.3) is 0 Å². The van der Waals surface area contributed by atoms with Crippen molar-refractivity contribution in [3.8, 4) is 16.9 Å². The Morgan fingerprint density at radius 1 is 1.11 bits per heavy atom. The monoisotopic (exact) mass is 389 g/mol. The average molecular weight is 389 g/mol. The van der Waals surface area contributed by atoms with Crippen LogP contribution in [0.25, 0.3) is 16.9 Å². The molecule has 0 atom stereocenters. The first-order chi connectivity index (χ1) is 13.7. The van der Waals surface area contributed by atoms with Gasteiger partial charge < -0.3 is 4.90 Å². The lowest BCUT2D eigenvalue weighted by atomic mass is 10.1. The smallest absolute Gasteiger partial charge is 0.323 e. The number of anilines is 1. The summed E-state index contributed by atoms with van der Waals surface area (Å²) in [6.45, 7) is 0.425. The Morgan fingerprint density at radius 3 is 2.50 bits per heavy atom. The molecule has 28 heavy (non-hydrogen) atoms. The molecule has 0 bridgehead atoms. The minimum Gasteiger partial charge on any atom is -0.323 e. The van der Waals surface area contributed by atoms with E-state index in [1.165, 1.54) is 11.3 Å². The van der Waals surface area contributed by atoms with Gasteiger partial charge in [-0.05, 0) is 12.1 Å². The third-order valence-corrected chi connectivity index (χ3v) is 4.95. The number of thiazole rings is 1. The van der Waals surface area contributed by atoms with E-state index in [1.54, 1.807) is 18.1 Å². The Bertz CT molecular complexity index is 1050. The molecule has 0 unspecified atom stereocenters. The Hall–Kier alpha value is -3.45. The van der Waals surface area contributed by atoms with Gasteiger partial charge in [0.1, 0.15) is 0 Å². The molecule has 6 nitrogen and oxygen atoms in total. The lowest BCUT2D eigenvalue weighted by Crippen LogP contribution is -2.30. The van der Waals surface area contributed by atoms with Gasteiger partial charge in [0.05, 0.1) is 17.9 Å². The number of hydrogen-bond acceptors (Lipinski definition) is 4. The highest BCUT2D eigenvalue weighted by atomic mass is 32.1. The number of para-hydroxylation sites is 1. The summed E-state index contributed by atoms with van der Waals surface area (Å²) in [6, 6.07) is 19.7. The topological polar surface area (TPSA) is 63.1 Å². The molecule has 4 aromatic rings. The molecule has 0 aliphatic heterocycles. The highest BCUT2D eigenvalue weighted by Crippen LogP contribution is 2.25. The minimum atomic E-state index is -0.207. The van der Waals surface area contributed by atoms with Crippen LogP contribution in [0.2, 0.25) is 0 Å². The van der Waals surface area contributed by atoms with Gasteiger partial charge in [0.15, 0.2) is 5.13 Å². The van der Waals surface area contributed by atoms with E-state index in [0.717, 1.165) is 22.5 Å². The van der Waals surface area contributed by atoms with Gasteiger partial charge in [0, 0.05) is 35.9 Å². The second-order valence-electron chi connectivity index (χ2n) is 6.27. The van der Waals surface area contributed by atoms with Crippen molar-refractivity contribution in [2.24, 2.45) is 0 Å². The van der Waals surface area contributed by atoms with Gasteiger partial charge in [-0.2, -0.15) is 5.10 Å². The summed E-state index contributed by atoms with van der Waals surface area (Å²) in [6.07, 6.45) is 3.64. The van der Waals surface area contributed by atoms with Crippen LogP contribution in [0.15, 0.2) is 78.4 Å². The quantitative estimate of drug-likeness (QED) is 0.540. The van der Waals surface area contributed by atoms with Crippen molar-refractivity contribution in [2.75, 3.05) is 12.4 Å². The van der Waals surface area contributed by atoms with Crippen LogP contribution >= 0.6 is 11.3 Å². The standard InChI is InChI=1S/C21H19N5OS/c1-25(21(27)23-20-22-12-13-28-20)14-17-15-26(18-10-6-3-7-11-18)24-19(17)16-8-4-2-5-9-16/h2-13,15H,14H2,1H3,(H,22,23,27). The van der Waals surface area contributed by atoms with E-state index in [1.807, 2.05) is 76.9 Å². The molecule has 0 spiro atoms. The van der Waals surface area contributed by atoms with Crippen molar-refractivity contribution in [3.05, 3.63) is 84.0 Å². The molecule has 0 aliphatic carbocycles. The van der Waals surface area contributed by atoms with Gasteiger partial charge >= 0.3 is 6.03 Å². The Morgan fingerprint density at radius 2 is 1.82 bits per heavy atom. The normalized spacial score (nSPS) is 10.6. The Labute approximate surface area is 167 Å². The zero-order valence-electron chi connectivity index (χ0n) is 15.3. The Kier molecular flexibility index (Phi) is 5.16. The summed E-state index contributed by atoms with van der Waals surface area (Å²) in [5.41, 5.74) is 3.81. The molecule has 4 rings (SSSR count). The van der Waals surface area contributed by atoms with E-state index in [-0.39, 0.29) is 6.03 Å². The summed E-state index contributed by atoms with van der Waals surface area (Å²) in [7, 11) is 1.76. The van der Waals surface area contributed by atoms with Gasteiger partial charge in [-0.15, -0.1) is 11.3 Å². The van der Waals surface area contributed by atoms with E-state index >= 15 is 0 Å². The van der Waals surface area contributed by atoms with E-state index in [0.29, 0.717) is 11.7 Å². The van der Waals surface area contributed by atoms with Gasteiger partial charge in [0.2, 0.25) is 0 Å². The number of rotatable bonds is 5. The summed E-state index contributed by atoms with van der Waals surface area (Å²) in [5.74, 6) is 0. The van der Waals surface area contributed by atoms with Crippen molar-refractivity contribution < 1.29 is 4.79 Å². The van der Waals surface area contributed by atoms with Crippen LogP contribution in [0.1, 0.15) is 5.56 Å². The fraction of sp³-hybridized carbons (Fsp3) is 0.0952. The zero-order chi connectivity index (χ0) is 19.3. The second-order valence-corrected chi connectivity index (χ2v) is 7.17. The average Bonchev–Trinajstić information content (AvgIpc) is 3.39. The molecule has 1 N–H and O–H groups in total. The minimum absolute atomic E-state index is 0.207. The highest BCUT2D eigenvalue weighted by Gasteiger charge is 2.17. The number of benzene rings is 2. The summed E-state index contributed by atoms with van der Waals surface area (Å²) < 4.78 is 1.85. The molecule has 0 aliphatic rings. The molecule has 0 radical (unpaired) electrons. The van der Waals surface area contributed by atoms with Crippen LogP contribution in [0, 0.1) is 0 Å². The molecule has 140 valence electrons. The van der Waals surface area contributed by atoms with Crippen LogP contribution < -0.4 is 5.32 Å². The van der Waals surface area contributed by atoms with Crippen molar-refractivity contribution >= 4 is 22.5 Å². The second kappa shape index (κ2) is 8.06. The summed E-state index contributed by atoms with van der Waals surface area (Å²) >= 11 is 1.39. The van der Waals surface area contributed by atoms with Gasteiger partial charge in [-0.1, -0.05) is 48.5 Å². The SMILES string of the molecule is CN(Cc1cn(-c2ccccc2)nc1-c1ccccc1)C(=O)Nc1nccs1. The molecular weight excluding hydrogens is 370 g/mol. The van der Waals surface area contributed by atoms with Crippen LogP contribution in [0.4, 0.5) is 9.93 Å². The molecule has 0 saturated carbocycles. The lowest BCUT2D eigenvalue weighted by Gasteiger charge is -2.16. The number of amides is 2. The van der Waals surface area contributed by atoms with E-state index < -0.39 is 0 Å². The van der Waals surface area contributed by atoms with Crippen molar-refractivity contribution in [1.29, 1.82) is 0 Å². The highest BCUT2D eigenvalue weighted by molar-refractivity contribution is 7.13. The van der Waals surface area contributed by atoms with Crippen LogP contribution in [-0.2, 0) is 6.54 Å². The molecule has 0 fully saturated rings. The first-order valence-corrected chi connectivity index (χ1v) is 9.69. The molecular formula is C21H19N5OS. The number of nitrogens with zero attached hydrogens (tertiary/aromatic N) is 4. The van der Waals surface area contributed by atoms with Crippen molar-refractivity contribution in [1.82, 2.24) is 19.7 Å². The fourth-order valence-electron chi connectivity index (χ4n) is 2.88. The first-order valence-electron chi connectivity index (χ1n) is 8.82. The largest absolute Gasteiger partial charge is 0.323 e. The maximum absolute atomic E-state index is 12.5. The summed E-state index contributed by atoms with van der Waals surface area (Å²) in [5, 5.41) is 10.0. The third kappa shape index (κ3) is 3.94.